The van der Waals surface area contributed by atoms with Crippen molar-refractivity contribution >= 4 is 53.0 Å². The molecule has 212 valence electrons. The summed E-state index contributed by atoms with van der Waals surface area (Å²) in [4.78, 5) is 72.7. The average molecular weight is 565 g/mol. The molecule has 4 atom stereocenters. The highest BCUT2D eigenvalue weighted by molar-refractivity contribution is 6.34. The number of aliphatic hydroxyl groups excluding tert-OH is 1. The fraction of sp³-hybridized carbons (Fsp3) is 0.538. The van der Waals surface area contributed by atoms with Crippen molar-refractivity contribution in [3.05, 3.63) is 28.8 Å². The standard InChI is InChI=1S/C26H33ClN4O8/c1-15(33)28-20-9-7-17(12-19(20)27)22(34)6-2-4-16-8-10-23(35)30-11-3-5-21(31(30)26(16)39)25(38)29-18(14-32)13-24(36)37/h7,9,12,14,16,18,21,25,29,38H,2-6,8,10-11,13H2,1H3,(H,28,33)(H,36,37)/t16-,18-,21-,25?/m0/s1. The topological polar surface area (TPSA) is 173 Å². The molecule has 0 bridgehead atoms. The van der Waals surface area contributed by atoms with Gasteiger partial charge in [-0.2, -0.15) is 0 Å². The number of hydrogen-bond acceptors (Lipinski definition) is 8. The zero-order valence-corrected chi connectivity index (χ0v) is 22.4. The first-order valence-corrected chi connectivity index (χ1v) is 13.2. The van der Waals surface area contributed by atoms with Gasteiger partial charge in [-0.15, -0.1) is 0 Å². The molecule has 1 aromatic carbocycles. The molecule has 2 aliphatic rings. The van der Waals surface area contributed by atoms with Crippen LogP contribution in [0.15, 0.2) is 18.2 Å². The lowest BCUT2D eigenvalue weighted by Crippen LogP contribution is -2.64. The number of nitrogens with zero attached hydrogens (tertiary/aromatic N) is 2. The summed E-state index contributed by atoms with van der Waals surface area (Å²) in [6.45, 7) is 1.65. The number of anilines is 1. The van der Waals surface area contributed by atoms with Crippen molar-refractivity contribution in [1.82, 2.24) is 15.3 Å². The van der Waals surface area contributed by atoms with Crippen LogP contribution >= 0.6 is 11.6 Å². The molecule has 2 aliphatic heterocycles. The summed E-state index contributed by atoms with van der Waals surface area (Å²) in [6.07, 6.45) is 0.566. The van der Waals surface area contributed by atoms with Gasteiger partial charge in [0.15, 0.2) is 5.78 Å². The zero-order chi connectivity index (χ0) is 28.7. The van der Waals surface area contributed by atoms with Gasteiger partial charge < -0.3 is 20.3 Å². The number of hydrogen-bond donors (Lipinski definition) is 4. The van der Waals surface area contributed by atoms with E-state index < -0.39 is 36.6 Å². The molecule has 2 saturated heterocycles. The highest BCUT2D eigenvalue weighted by Crippen LogP contribution is 2.31. The fourth-order valence-electron chi connectivity index (χ4n) is 4.98. The molecular formula is C26H33ClN4O8. The maximum Gasteiger partial charge on any atom is 0.305 e. The molecular weight excluding hydrogens is 532 g/mol. The van der Waals surface area contributed by atoms with Crippen LogP contribution in [-0.2, 0) is 24.0 Å². The van der Waals surface area contributed by atoms with Gasteiger partial charge in [0.05, 0.1) is 29.2 Å². The van der Waals surface area contributed by atoms with Gasteiger partial charge in [0.25, 0.3) is 0 Å². The molecule has 3 amide bonds. The summed E-state index contributed by atoms with van der Waals surface area (Å²) in [5.74, 6) is -2.87. The Kier molecular flexibility index (Phi) is 10.6. The third kappa shape index (κ3) is 7.84. The van der Waals surface area contributed by atoms with E-state index >= 15 is 0 Å². The Hall–Kier alpha value is -3.35. The van der Waals surface area contributed by atoms with Crippen molar-refractivity contribution in [2.45, 2.75) is 76.6 Å². The lowest BCUT2D eigenvalue weighted by Gasteiger charge is -2.45. The largest absolute Gasteiger partial charge is 0.481 e. The molecule has 0 spiro atoms. The number of carbonyl (C=O) groups is 6. The van der Waals surface area contributed by atoms with Gasteiger partial charge in [0.2, 0.25) is 17.7 Å². The van der Waals surface area contributed by atoms with E-state index in [4.69, 9.17) is 16.7 Å². The minimum Gasteiger partial charge on any atom is -0.481 e. The number of aliphatic carboxylic acids is 1. The maximum absolute atomic E-state index is 13.6. The van der Waals surface area contributed by atoms with Crippen LogP contribution in [-0.4, -0.2) is 80.8 Å². The number of nitrogens with one attached hydrogen (secondary N) is 2. The van der Waals surface area contributed by atoms with E-state index in [-0.39, 0.29) is 41.4 Å². The molecule has 0 aliphatic carbocycles. The first kappa shape index (κ1) is 30.2. The van der Waals surface area contributed by atoms with Gasteiger partial charge in [-0.3, -0.25) is 34.3 Å². The van der Waals surface area contributed by atoms with Crippen molar-refractivity contribution in [1.29, 1.82) is 0 Å². The second-order valence-electron chi connectivity index (χ2n) is 9.79. The second-order valence-corrected chi connectivity index (χ2v) is 10.2. The Morgan fingerprint density at radius 2 is 1.97 bits per heavy atom. The third-order valence-electron chi connectivity index (χ3n) is 6.88. The smallest absolute Gasteiger partial charge is 0.305 e. The highest BCUT2D eigenvalue weighted by Gasteiger charge is 2.44. The molecule has 4 N–H and O–H groups in total. The monoisotopic (exact) mass is 564 g/mol. The van der Waals surface area contributed by atoms with Crippen LogP contribution in [0.1, 0.15) is 68.6 Å². The Morgan fingerprint density at radius 1 is 1.23 bits per heavy atom. The van der Waals surface area contributed by atoms with Crippen LogP contribution in [0.3, 0.4) is 0 Å². The molecule has 0 radical (unpaired) electrons. The van der Waals surface area contributed by atoms with Crippen molar-refractivity contribution < 1.29 is 39.0 Å². The van der Waals surface area contributed by atoms with Gasteiger partial charge >= 0.3 is 5.97 Å². The van der Waals surface area contributed by atoms with Crippen LogP contribution in [0.4, 0.5) is 5.69 Å². The van der Waals surface area contributed by atoms with Crippen molar-refractivity contribution in [3.63, 3.8) is 0 Å². The first-order chi connectivity index (χ1) is 18.5. The van der Waals surface area contributed by atoms with Crippen LogP contribution in [0.25, 0.3) is 0 Å². The van der Waals surface area contributed by atoms with Crippen LogP contribution in [0, 0.1) is 5.92 Å². The predicted octanol–water partition coefficient (Wildman–Crippen LogP) is 1.75. The van der Waals surface area contributed by atoms with E-state index in [2.05, 4.69) is 10.6 Å². The van der Waals surface area contributed by atoms with E-state index in [0.29, 0.717) is 56.2 Å². The number of carboxylic acids is 1. The number of fused-ring (bicyclic) bond motifs is 1. The van der Waals surface area contributed by atoms with Crippen molar-refractivity contribution in [2.24, 2.45) is 5.92 Å². The summed E-state index contributed by atoms with van der Waals surface area (Å²) < 4.78 is 0. The molecule has 2 fully saturated rings. The number of carboxylic acid groups (broad SMARTS) is 1. The molecule has 1 aromatic rings. The minimum absolute atomic E-state index is 0.132. The molecule has 39 heavy (non-hydrogen) atoms. The summed E-state index contributed by atoms with van der Waals surface area (Å²) in [7, 11) is 0. The third-order valence-corrected chi connectivity index (χ3v) is 7.19. The van der Waals surface area contributed by atoms with Gasteiger partial charge in [-0.25, -0.2) is 5.01 Å². The van der Waals surface area contributed by atoms with E-state index in [1.165, 1.54) is 23.0 Å². The number of carbonyl (C=O) groups excluding carboxylic acids is 5. The summed E-state index contributed by atoms with van der Waals surface area (Å²) in [5, 5.41) is 27.7. The van der Waals surface area contributed by atoms with Gasteiger partial charge in [-0.1, -0.05) is 11.6 Å². The lowest BCUT2D eigenvalue weighted by molar-refractivity contribution is -0.182. The molecule has 0 aromatic heterocycles. The second kappa shape index (κ2) is 13.6. The number of aldehydes is 1. The van der Waals surface area contributed by atoms with Gasteiger partial charge in [0.1, 0.15) is 12.5 Å². The van der Waals surface area contributed by atoms with Crippen LogP contribution in [0.2, 0.25) is 5.02 Å². The number of Topliss-reactive ketones (excluding diaryl/α,β-unsaturated/α-hetero) is 1. The average Bonchev–Trinajstić information content (AvgIpc) is 3.00. The minimum atomic E-state index is -1.43. The maximum atomic E-state index is 13.6. The van der Waals surface area contributed by atoms with Gasteiger partial charge in [-0.05, 0) is 50.3 Å². The number of halogens is 1. The molecule has 0 saturated carbocycles. The zero-order valence-electron chi connectivity index (χ0n) is 21.6. The lowest BCUT2D eigenvalue weighted by atomic mass is 9.93. The Bertz CT molecular complexity index is 1130. The van der Waals surface area contributed by atoms with Crippen molar-refractivity contribution in [3.8, 4) is 0 Å². The van der Waals surface area contributed by atoms with Crippen molar-refractivity contribution in [2.75, 3.05) is 11.9 Å². The van der Waals surface area contributed by atoms with Crippen LogP contribution < -0.4 is 10.6 Å². The first-order valence-electron chi connectivity index (χ1n) is 12.9. The highest BCUT2D eigenvalue weighted by atomic mass is 35.5. The SMILES string of the molecule is CC(=O)Nc1ccc(C(=O)CCC[C@H]2CCC(=O)N3CCC[C@@H](C(O)N[C@H](C=O)CC(=O)O)N3C2=O)cc1Cl. The predicted molar refractivity (Wildman–Crippen MR) is 139 cm³/mol. The molecule has 2 heterocycles. The number of aliphatic hydroxyl groups is 1. The quantitative estimate of drug-likeness (QED) is 0.167. The fourth-order valence-corrected chi connectivity index (χ4v) is 5.21. The van der Waals surface area contributed by atoms with Gasteiger partial charge in [0, 0.05) is 37.8 Å². The molecule has 13 heteroatoms. The Labute approximate surface area is 230 Å². The summed E-state index contributed by atoms with van der Waals surface area (Å²) in [6, 6.07) is 2.57. The van der Waals surface area contributed by atoms with E-state index in [1.807, 2.05) is 0 Å². The Balaban J connectivity index is 1.66. The molecule has 3 rings (SSSR count). The number of benzene rings is 1. The summed E-state index contributed by atoms with van der Waals surface area (Å²) >= 11 is 6.17. The normalized spacial score (nSPS) is 21.0. The number of rotatable bonds is 12. The number of ketones is 1. The number of hydrazine groups is 1. The molecule has 12 nitrogen and oxygen atoms in total. The van der Waals surface area contributed by atoms with E-state index in [1.54, 1.807) is 12.1 Å². The molecule has 1 unspecified atom stereocenters. The van der Waals surface area contributed by atoms with E-state index in [0.717, 1.165) is 0 Å². The van der Waals surface area contributed by atoms with E-state index in [9.17, 15) is 33.9 Å². The number of amides is 3. The summed E-state index contributed by atoms with van der Waals surface area (Å²) in [5.41, 5.74) is 0.771. The van der Waals surface area contributed by atoms with Crippen LogP contribution in [0.5, 0.6) is 0 Å². The Morgan fingerprint density at radius 3 is 2.62 bits per heavy atom.